The van der Waals surface area contributed by atoms with Gasteiger partial charge in [-0.2, -0.15) is 0 Å². The first-order chi connectivity index (χ1) is 23.0. The van der Waals surface area contributed by atoms with Crippen molar-refractivity contribution in [3.05, 3.63) is 71.3 Å². The molecule has 3 N–H and O–H groups in total. The second-order valence-corrected chi connectivity index (χ2v) is 15.8. The number of rotatable bonds is 12. The molecule has 0 saturated heterocycles. The van der Waals surface area contributed by atoms with Gasteiger partial charge in [-0.15, -0.1) is 0 Å². The standard InChI is InChI=1S/C41H54O7/c1-39-21-18-29(42)24-28(39)15-17-32-33(39)19-22-40(2)34(32)20-23-41(40,47)37(45)26-48-38(46)13-9-4-3-8-12-30-31(36(44)25-35(30)43)16-14-27-10-6-5-7-11-27/h3,5-8,10-11,19,24,30-32,34-36,43-44,47H,4,9,12-18,20-23,25-26H2,1-2H3/b8-3-/t30-,31?,32-,34+,35+,36-,39?,40?,41+/m1/s1. The number of benzene rings is 1. The van der Waals surface area contributed by atoms with Crippen LogP contribution in [0.15, 0.2) is 65.8 Å². The summed E-state index contributed by atoms with van der Waals surface area (Å²) in [6.07, 6.45) is 16.4. The van der Waals surface area contributed by atoms with E-state index in [2.05, 4.69) is 25.1 Å². The quantitative estimate of drug-likeness (QED) is 0.135. The van der Waals surface area contributed by atoms with Crippen molar-refractivity contribution in [3.8, 4) is 0 Å². The van der Waals surface area contributed by atoms with Crippen molar-refractivity contribution in [1.29, 1.82) is 0 Å². The second-order valence-electron chi connectivity index (χ2n) is 15.8. The van der Waals surface area contributed by atoms with E-state index in [1.165, 1.54) is 16.7 Å². The van der Waals surface area contributed by atoms with Crippen molar-refractivity contribution < 1.29 is 34.4 Å². The van der Waals surface area contributed by atoms with Gasteiger partial charge in [0.25, 0.3) is 0 Å². The smallest absolute Gasteiger partial charge is 0.306 e. The molecule has 7 nitrogen and oxygen atoms in total. The number of carbonyl (C=O) groups is 3. The molecule has 0 aromatic heterocycles. The molecule has 7 heteroatoms. The summed E-state index contributed by atoms with van der Waals surface area (Å²) < 4.78 is 5.41. The van der Waals surface area contributed by atoms with Crippen molar-refractivity contribution in [1.82, 2.24) is 0 Å². The topological polar surface area (TPSA) is 121 Å². The number of aliphatic hydroxyl groups is 3. The van der Waals surface area contributed by atoms with E-state index >= 15 is 0 Å². The summed E-state index contributed by atoms with van der Waals surface area (Å²) in [6, 6.07) is 10.2. The Morgan fingerprint density at radius 1 is 1.00 bits per heavy atom. The fraction of sp³-hybridized carbons (Fsp3) is 0.634. The Labute approximate surface area is 285 Å². The number of ketones is 2. The number of unbranched alkanes of at least 4 members (excludes halogenated alkanes) is 1. The lowest BCUT2D eigenvalue weighted by atomic mass is 9.50. The molecule has 1 aromatic rings. The average Bonchev–Trinajstić information content (AvgIpc) is 3.51. The maximum atomic E-state index is 13.5. The first-order valence-corrected chi connectivity index (χ1v) is 18.4. The van der Waals surface area contributed by atoms with Gasteiger partial charge in [0.05, 0.1) is 12.2 Å². The largest absolute Gasteiger partial charge is 0.458 e. The van der Waals surface area contributed by atoms with Gasteiger partial charge < -0.3 is 20.1 Å². The molecule has 5 aliphatic carbocycles. The zero-order valence-electron chi connectivity index (χ0n) is 28.7. The summed E-state index contributed by atoms with van der Waals surface area (Å²) in [5.41, 5.74) is 1.64. The number of aryl methyl sites for hydroxylation is 1. The Bertz CT molecular complexity index is 1460. The number of fused-ring (bicyclic) bond motifs is 5. The van der Waals surface area contributed by atoms with Crippen LogP contribution in [0.5, 0.6) is 0 Å². The fourth-order valence-corrected chi connectivity index (χ4v) is 10.3. The third-order valence-electron chi connectivity index (χ3n) is 13.3. The molecule has 48 heavy (non-hydrogen) atoms. The van der Waals surface area contributed by atoms with Gasteiger partial charge in [-0.25, -0.2) is 0 Å². The molecule has 0 spiro atoms. The Morgan fingerprint density at radius 3 is 2.56 bits per heavy atom. The summed E-state index contributed by atoms with van der Waals surface area (Å²) >= 11 is 0. The predicted octanol–water partition coefficient (Wildman–Crippen LogP) is 6.39. The molecule has 0 heterocycles. The maximum Gasteiger partial charge on any atom is 0.306 e. The van der Waals surface area contributed by atoms with Crippen LogP contribution in [-0.4, -0.2) is 57.3 Å². The molecule has 1 aromatic carbocycles. The van der Waals surface area contributed by atoms with E-state index in [0.29, 0.717) is 50.9 Å². The van der Waals surface area contributed by atoms with Gasteiger partial charge in [-0.3, -0.25) is 14.4 Å². The van der Waals surface area contributed by atoms with Gasteiger partial charge in [-0.05, 0) is 112 Å². The van der Waals surface area contributed by atoms with E-state index in [1.807, 2.05) is 43.4 Å². The fourth-order valence-electron chi connectivity index (χ4n) is 10.3. The van der Waals surface area contributed by atoms with Crippen molar-refractivity contribution in [2.24, 2.45) is 34.5 Å². The predicted molar refractivity (Wildman–Crippen MR) is 184 cm³/mol. The highest BCUT2D eigenvalue weighted by Crippen LogP contribution is 2.65. The highest BCUT2D eigenvalue weighted by molar-refractivity contribution is 5.92. The van der Waals surface area contributed by atoms with Crippen LogP contribution in [0, 0.1) is 34.5 Å². The SMILES string of the molecule is CC12CCC(=O)C=C1CC[C@@H]1C2=CCC2(C)[C@H]1CC[C@]2(O)C(=O)COC(=O)CCC/C=C\C[C@@H]1C(CCc2ccccc2)[C@H](O)C[C@@H]1O. The number of aliphatic hydroxyl groups excluding tert-OH is 2. The summed E-state index contributed by atoms with van der Waals surface area (Å²) in [7, 11) is 0. The zero-order valence-corrected chi connectivity index (χ0v) is 28.7. The molecule has 0 aliphatic heterocycles. The molecule has 6 rings (SSSR count). The highest BCUT2D eigenvalue weighted by Gasteiger charge is 2.64. The van der Waals surface area contributed by atoms with Gasteiger partial charge in [0.15, 0.2) is 12.4 Å². The maximum absolute atomic E-state index is 13.5. The lowest BCUT2D eigenvalue weighted by molar-refractivity contribution is -0.163. The number of hydrogen-bond acceptors (Lipinski definition) is 7. The van der Waals surface area contributed by atoms with E-state index < -0.39 is 41.6 Å². The van der Waals surface area contributed by atoms with Crippen LogP contribution in [-0.2, 0) is 25.5 Å². The van der Waals surface area contributed by atoms with Gasteiger partial charge in [0, 0.05) is 23.7 Å². The molecule has 3 unspecified atom stereocenters. The van der Waals surface area contributed by atoms with Gasteiger partial charge in [-0.1, -0.05) is 73.6 Å². The normalized spacial score (nSPS) is 37.4. The Morgan fingerprint density at radius 2 is 1.77 bits per heavy atom. The van der Waals surface area contributed by atoms with Crippen LogP contribution in [0.25, 0.3) is 0 Å². The highest BCUT2D eigenvalue weighted by atomic mass is 16.5. The van der Waals surface area contributed by atoms with Crippen molar-refractivity contribution >= 4 is 17.5 Å². The molecular weight excluding hydrogens is 604 g/mol. The van der Waals surface area contributed by atoms with Gasteiger partial charge >= 0.3 is 5.97 Å². The first kappa shape index (κ1) is 35.0. The monoisotopic (exact) mass is 658 g/mol. The third-order valence-corrected chi connectivity index (χ3v) is 13.3. The molecular formula is C41H54O7. The van der Waals surface area contributed by atoms with Crippen LogP contribution >= 0.6 is 0 Å². The van der Waals surface area contributed by atoms with E-state index in [4.69, 9.17) is 4.74 Å². The van der Waals surface area contributed by atoms with Crippen LogP contribution in [0.1, 0.15) is 103 Å². The number of carbonyl (C=O) groups excluding carboxylic acids is 3. The first-order valence-electron chi connectivity index (χ1n) is 18.4. The van der Waals surface area contributed by atoms with Crippen LogP contribution in [0.4, 0.5) is 0 Å². The van der Waals surface area contributed by atoms with Crippen LogP contribution in [0.2, 0.25) is 0 Å². The van der Waals surface area contributed by atoms with Gasteiger partial charge in [0.1, 0.15) is 5.60 Å². The molecule has 9 atom stereocenters. The molecule has 0 amide bonds. The van der Waals surface area contributed by atoms with E-state index in [1.54, 1.807) is 0 Å². The third kappa shape index (κ3) is 6.55. The van der Waals surface area contributed by atoms with E-state index in [-0.39, 0.29) is 35.4 Å². The van der Waals surface area contributed by atoms with E-state index in [0.717, 1.165) is 38.5 Å². The number of hydrogen-bond donors (Lipinski definition) is 3. The summed E-state index contributed by atoms with van der Waals surface area (Å²) in [6.45, 7) is 3.90. The van der Waals surface area contributed by atoms with Gasteiger partial charge in [0.2, 0.25) is 5.78 Å². The lowest BCUT2D eigenvalue weighted by Gasteiger charge is -2.54. The minimum absolute atomic E-state index is 0.0125. The minimum Gasteiger partial charge on any atom is -0.458 e. The van der Waals surface area contributed by atoms with Crippen molar-refractivity contribution in [3.63, 3.8) is 0 Å². The number of allylic oxidation sites excluding steroid dienone is 6. The molecule has 5 aliphatic rings. The van der Waals surface area contributed by atoms with Crippen LogP contribution in [0.3, 0.4) is 0 Å². The molecule has 3 saturated carbocycles. The van der Waals surface area contributed by atoms with Crippen molar-refractivity contribution in [2.75, 3.05) is 6.61 Å². The number of esters is 1. The zero-order chi connectivity index (χ0) is 34.1. The molecule has 3 fully saturated rings. The lowest BCUT2D eigenvalue weighted by Crippen LogP contribution is -2.55. The Hall–Kier alpha value is -2.87. The molecule has 0 radical (unpaired) electrons. The Balaban J connectivity index is 0.953. The van der Waals surface area contributed by atoms with Crippen molar-refractivity contribution in [2.45, 2.75) is 122 Å². The average molecular weight is 659 g/mol. The van der Waals surface area contributed by atoms with Crippen LogP contribution < -0.4 is 0 Å². The van der Waals surface area contributed by atoms with E-state index in [9.17, 15) is 29.7 Å². The Kier molecular flexibility index (Phi) is 10.3. The summed E-state index contributed by atoms with van der Waals surface area (Å²) in [4.78, 5) is 38.2. The second kappa shape index (κ2) is 14.2. The number of ether oxygens (including phenoxy) is 1. The summed E-state index contributed by atoms with van der Waals surface area (Å²) in [5.74, 6) is -0.0832. The molecule has 260 valence electrons. The number of Topliss-reactive ketones (excluding diaryl/α,β-unsaturated/α-hetero) is 1. The molecule has 0 bridgehead atoms. The minimum atomic E-state index is -1.53. The summed E-state index contributed by atoms with van der Waals surface area (Å²) in [5, 5.41) is 33.0.